The van der Waals surface area contributed by atoms with Gasteiger partial charge in [0.2, 0.25) is 11.8 Å². The highest BCUT2D eigenvalue weighted by atomic mass is 16.3. The lowest BCUT2D eigenvalue weighted by Crippen LogP contribution is -2.22. The summed E-state index contributed by atoms with van der Waals surface area (Å²) in [4.78, 5) is 14.9. The van der Waals surface area contributed by atoms with Crippen molar-refractivity contribution in [1.82, 2.24) is 14.9 Å². The standard InChI is InChI=1S/C12H15N3O2/c1-8(16)13-6-5-9-7-15(2)10-3-4-11(17)14-12(9)10/h3-4,7H,5-6H2,1-2H3,(H,13,16)(H,14,17). The summed E-state index contributed by atoms with van der Waals surface area (Å²) in [6.45, 7) is 2.07. The van der Waals surface area contributed by atoms with Crippen molar-refractivity contribution in [1.29, 1.82) is 0 Å². The molecule has 2 heterocycles. The van der Waals surface area contributed by atoms with E-state index in [2.05, 4.69) is 10.3 Å². The summed E-state index contributed by atoms with van der Waals surface area (Å²) < 4.78 is 1.96. The predicted octanol–water partition coefficient (Wildman–Crippen LogP) is 0.958. The van der Waals surface area contributed by atoms with E-state index in [-0.39, 0.29) is 11.8 Å². The van der Waals surface area contributed by atoms with Crippen LogP contribution in [0, 0.1) is 0 Å². The molecule has 0 saturated carbocycles. The topological polar surface area (TPSA) is 67.2 Å². The first-order valence-corrected chi connectivity index (χ1v) is 5.46. The molecule has 2 N–H and O–H groups in total. The molecule has 90 valence electrons. The van der Waals surface area contributed by atoms with Crippen LogP contribution in [-0.2, 0) is 18.3 Å². The molecule has 2 rings (SSSR count). The molecule has 2 aromatic heterocycles. The second kappa shape index (κ2) is 4.45. The zero-order chi connectivity index (χ0) is 12.4. The summed E-state index contributed by atoms with van der Waals surface area (Å²) in [7, 11) is 1.93. The van der Waals surface area contributed by atoms with Crippen molar-refractivity contribution in [2.24, 2.45) is 7.05 Å². The Hall–Kier alpha value is -2.04. The van der Waals surface area contributed by atoms with Crippen molar-refractivity contribution in [3.05, 3.63) is 23.9 Å². The fourth-order valence-corrected chi connectivity index (χ4v) is 1.88. The van der Waals surface area contributed by atoms with Gasteiger partial charge in [-0.2, -0.15) is 0 Å². The Bertz CT molecular complexity index is 560. The van der Waals surface area contributed by atoms with E-state index < -0.39 is 0 Å². The molecule has 0 atom stereocenters. The number of pyridine rings is 1. The van der Waals surface area contributed by atoms with E-state index in [0.717, 1.165) is 16.6 Å². The third-order valence-electron chi connectivity index (χ3n) is 2.66. The van der Waals surface area contributed by atoms with Gasteiger partial charge in [-0.25, -0.2) is 4.98 Å². The summed E-state index contributed by atoms with van der Waals surface area (Å²) in [5.74, 6) is -0.0227. The SMILES string of the molecule is CC(=O)NCCc1cn(C)c2ccc(O)nc12. The number of rotatable bonds is 3. The van der Waals surface area contributed by atoms with Gasteiger partial charge in [0.15, 0.2) is 0 Å². The van der Waals surface area contributed by atoms with Crippen LogP contribution in [0.2, 0.25) is 0 Å². The molecule has 2 aromatic rings. The second-order valence-corrected chi connectivity index (χ2v) is 4.04. The van der Waals surface area contributed by atoms with E-state index in [1.807, 2.05) is 23.9 Å². The van der Waals surface area contributed by atoms with Gasteiger partial charge in [0.25, 0.3) is 0 Å². The fraction of sp³-hybridized carbons (Fsp3) is 0.333. The Kier molecular flexibility index (Phi) is 2.99. The normalized spacial score (nSPS) is 10.7. The van der Waals surface area contributed by atoms with Crippen LogP contribution in [-0.4, -0.2) is 27.1 Å². The summed E-state index contributed by atoms with van der Waals surface area (Å²) in [5, 5.41) is 12.1. The third kappa shape index (κ3) is 2.38. The average Bonchev–Trinajstić information content (AvgIpc) is 2.55. The van der Waals surface area contributed by atoms with Crippen molar-refractivity contribution in [3.8, 4) is 5.88 Å². The molecule has 5 heteroatoms. The van der Waals surface area contributed by atoms with Gasteiger partial charge in [0, 0.05) is 32.8 Å². The van der Waals surface area contributed by atoms with Gasteiger partial charge in [0.1, 0.15) is 0 Å². The Morgan fingerprint density at radius 2 is 2.29 bits per heavy atom. The molecule has 0 saturated heterocycles. The first kappa shape index (κ1) is 11.4. The van der Waals surface area contributed by atoms with Crippen LogP contribution in [0.5, 0.6) is 5.88 Å². The van der Waals surface area contributed by atoms with Crippen LogP contribution in [0.1, 0.15) is 12.5 Å². The van der Waals surface area contributed by atoms with Gasteiger partial charge in [-0.1, -0.05) is 0 Å². The highest BCUT2D eigenvalue weighted by Gasteiger charge is 2.08. The smallest absolute Gasteiger partial charge is 0.216 e. The molecule has 0 aromatic carbocycles. The van der Waals surface area contributed by atoms with E-state index in [9.17, 15) is 9.90 Å². The fourth-order valence-electron chi connectivity index (χ4n) is 1.88. The molecule has 0 unspecified atom stereocenters. The molecule has 1 amide bonds. The van der Waals surface area contributed by atoms with Gasteiger partial charge in [-0.15, -0.1) is 0 Å². The molecule has 5 nitrogen and oxygen atoms in total. The van der Waals surface area contributed by atoms with Crippen molar-refractivity contribution >= 4 is 16.9 Å². The maximum absolute atomic E-state index is 10.8. The van der Waals surface area contributed by atoms with Gasteiger partial charge < -0.3 is 15.0 Å². The number of aryl methyl sites for hydroxylation is 1. The number of fused-ring (bicyclic) bond motifs is 1. The summed E-state index contributed by atoms with van der Waals surface area (Å²) in [6.07, 6.45) is 2.67. The molecule has 0 spiro atoms. The van der Waals surface area contributed by atoms with Gasteiger partial charge in [-0.3, -0.25) is 4.79 Å². The van der Waals surface area contributed by atoms with Crippen LogP contribution in [0.3, 0.4) is 0 Å². The number of aromatic hydroxyl groups is 1. The minimum absolute atomic E-state index is 0.0180. The lowest BCUT2D eigenvalue weighted by atomic mass is 10.2. The largest absolute Gasteiger partial charge is 0.493 e. The summed E-state index contributed by atoms with van der Waals surface area (Å²) in [5.41, 5.74) is 2.78. The predicted molar refractivity (Wildman–Crippen MR) is 64.8 cm³/mol. The number of amides is 1. The molecule has 0 fully saturated rings. The minimum atomic E-state index is -0.0407. The maximum Gasteiger partial charge on any atom is 0.216 e. The number of carbonyl (C=O) groups is 1. The van der Waals surface area contributed by atoms with E-state index in [1.165, 1.54) is 6.92 Å². The maximum atomic E-state index is 10.8. The molecule has 0 radical (unpaired) electrons. The Morgan fingerprint density at radius 3 is 3.00 bits per heavy atom. The molecule has 0 aliphatic rings. The van der Waals surface area contributed by atoms with Gasteiger partial charge in [-0.05, 0) is 18.1 Å². The quantitative estimate of drug-likeness (QED) is 0.829. The monoisotopic (exact) mass is 233 g/mol. The minimum Gasteiger partial charge on any atom is -0.493 e. The van der Waals surface area contributed by atoms with Crippen LogP contribution in [0.25, 0.3) is 11.0 Å². The van der Waals surface area contributed by atoms with Crippen LogP contribution < -0.4 is 5.32 Å². The third-order valence-corrected chi connectivity index (χ3v) is 2.66. The number of nitrogens with zero attached hydrogens (tertiary/aromatic N) is 2. The van der Waals surface area contributed by atoms with E-state index >= 15 is 0 Å². The van der Waals surface area contributed by atoms with Gasteiger partial charge in [0.05, 0.1) is 11.0 Å². The summed E-state index contributed by atoms with van der Waals surface area (Å²) in [6, 6.07) is 3.40. The number of hydrogen-bond acceptors (Lipinski definition) is 3. The second-order valence-electron chi connectivity index (χ2n) is 4.04. The average molecular weight is 233 g/mol. The van der Waals surface area contributed by atoms with Crippen LogP contribution in [0.4, 0.5) is 0 Å². The van der Waals surface area contributed by atoms with E-state index in [0.29, 0.717) is 13.0 Å². The Morgan fingerprint density at radius 1 is 1.53 bits per heavy atom. The van der Waals surface area contributed by atoms with Crippen molar-refractivity contribution in [2.75, 3.05) is 6.54 Å². The van der Waals surface area contributed by atoms with Crippen molar-refractivity contribution < 1.29 is 9.90 Å². The number of carbonyl (C=O) groups excluding carboxylic acids is 1. The number of aromatic nitrogens is 2. The lowest BCUT2D eigenvalue weighted by molar-refractivity contribution is -0.118. The highest BCUT2D eigenvalue weighted by Crippen LogP contribution is 2.21. The van der Waals surface area contributed by atoms with Crippen LogP contribution >= 0.6 is 0 Å². The molecule has 17 heavy (non-hydrogen) atoms. The van der Waals surface area contributed by atoms with Crippen molar-refractivity contribution in [3.63, 3.8) is 0 Å². The van der Waals surface area contributed by atoms with Gasteiger partial charge >= 0.3 is 0 Å². The molecule has 0 aliphatic carbocycles. The van der Waals surface area contributed by atoms with Crippen molar-refractivity contribution in [2.45, 2.75) is 13.3 Å². The molecule has 0 aliphatic heterocycles. The molecular weight excluding hydrogens is 218 g/mol. The van der Waals surface area contributed by atoms with E-state index in [1.54, 1.807) is 6.07 Å². The Labute approximate surface area is 99.1 Å². The zero-order valence-corrected chi connectivity index (χ0v) is 9.90. The first-order valence-electron chi connectivity index (χ1n) is 5.46. The molecular formula is C12H15N3O2. The zero-order valence-electron chi connectivity index (χ0n) is 9.90. The first-order chi connectivity index (χ1) is 8.08. The highest BCUT2D eigenvalue weighted by molar-refractivity contribution is 5.80. The number of nitrogens with one attached hydrogen (secondary N) is 1. The van der Waals surface area contributed by atoms with E-state index in [4.69, 9.17) is 0 Å². The summed E-state index contributed by atoms with van der Waals surface area (Å²) >= 11 is 0. The molecule has 0 bridgehead atoms. The lowest BCUT2D eigenvalue weighted by Gasteiger charge is -2.00. The number of hydrogen-bond donors (Lipinski definition) is 2. The van der Waals surface area contributed by atoms with Crippen LogP contribution in [0.15, 0.2) is 18.3 Å². The Balaban J connectivity index is 2.27.